The summed E-state index contributed by atoms with van der Waals surface area (Å²) in [5.41, 5.74) is 0.0302. The van der Waals surface area contributed by atoms with Gasteiger partial charge in [-0.1, -0.05) is 5.16 Å². The molecule has 1 aromatic heterocycles. The second-order valence-electron chi connectivity index (χ2n) is 8.05. The molecule has 4 heterocycles. The predicted molar refractivity (Wildman–Crippen MR) is 101 cm³/mol. The van der Waals surface area contributed by atoms with Gasteiger partial charge in [0.1, 0.15) is 17.5 Å². The van der Waals surface area contributed by atoms with Crippen molar-refractivity contribution < 1.29 is 18.8 Å². The summed E-state index contributed by atoms with van der Waals surface area (Å²) in [6.07, 6.45) is 1.48. The first-order valence-electron chi connectivity index (χ1n) is 9.94. The van der Waals surface area contributed by atoms with Crippen molar-refractivity contribution in [3.8, 4) is 0 Å². The largest absolute Gasteiger partial charge is 0.383 e. The van der Waals surface area contributed by atoms with Crippen molar-refractivity contribution in [2.24, 2.45) is 0 Å². The van der Waals surface area contributed by atoms with Crippen molar-refractivity contribution in [1.82, 2.24) is 24.8 Å². The Morgan fingerprint density at radius 3 is 2.71 bits per heavy atom. The minimum atomic E-state index is -0.321. The fourth-order valence-electron chi connectivity index (χ4n) is 4.92. The van der Waals surface area contributed by atoms with Crippen LogP contribution in [0.15, 0.2) is 10.6 Å². The van der Waals surface area contributed by atoms with E-state index in [1.165, 1.54) is 0 Å². The number of hydrogen-bond acceptors (Lipinski definition) is 7. The molecule has 0 bridgehead atoms. The summed E-state index contributed by atoms with van der Waals surface area (Å²) in [7, 11) is 3.73. The number of likely N-dealkylation sites (tertiary alicyclic amines) is 1. The maximum atomic E-state index is 13.2. The summed E-state index contributed by atoms with van der Waals surface area (Å²) >= 11 is 0. The maximum absolute atomic E-state index is 13.2. The number of piperazine rings is 1. The van der Waals surface area contributed by atoms with E-state index in [0.717, 1.165) is 32.5 Å². The number of piperidine rings is 1. The Balaban J connectivity index is 1.53. The second kappa shape index (κ2) is 7.46. The van der Waals surface area contributed by atoms with Gasteiger partial charge in [0, 0.05) is 65.3 Å². The third-order valence-corrected chi connectivity index (χ3v) is 6.39. The lowest BCUT2D eigenvalue weighted by molar-refractivity contribution is -0.134. The van der Waals surface area contributed by atoms with E-state index in [9.17, 15) is 9.59 Å². The molecule has 0 aromatic carbocycles. The number of aryl methyl sites for hydroxylation is 1. The molecule has 3 saturated heterocycles. The minimum absolute atomic E-state index is 0.101. The van der Waals surface area contributed by atoms with Gasteiger partial charge in [0.15, 0.2) is 5.69 Å². The molecule has 1 spiro atoms. The van der Waals surface area contributed by atoms with E-state index in [2.05, 4.69) is 22.0 Å². The Bertz CT molecular complexity index is 742. The zero-order valence-corrected chi connectivity index (χ0v) is 16.9. The lowest BCUT2D eigenvalue weighted by Gasteiger charge is -2.50. The quantitative estimate of drug-likeness (QED) is 0.716. The number of carbonyl (C=O) groups excluding carboxylic acids is 2. The van der Waals surface area contributed by atoms with E-state index in [-0.39, 0.29) is 23.5 Å². The molecule has 9 heteroatoms. The first-order chi connectivity index (χ1) is 13.5. The summed E-state index contributed by atoms with van der Waals surface area (Å²) in [4.78, 5) is 34.4. The van der Waals surface area contributed by atoms with Crippen LogP contribution in [0.2, 0.25) is 0 Å². The molecule has 0 unspecified atom stereocenters. The van der Waals surface area contributed by atoms with Gasteiger partial charge < -0.3 is 24.0 Å². The molecule has 3 aliphatic rings. The highest BCUT2D eigenvalue weighted by atomic mass is 16.5. The Morgan fingerprint density at radius 2 is 2.07 bits per heavy atom. The Labute approximate surface area is 165 Å². The van der Waals surface area contributed by atoms with Gasteiger partial charge in [-0.05, 0) is 14.0 Å². The van der Waals surface area contributed by atoms with E-state index in [4.69, 9.17) is 9.26 Å². The highest BCUT2D eigenvalue weighted by Gasteiger charge is 2.58. The molecular weight excluding hydrogens is 362 g/mol. The van der Waals surface area contributed by atoms with Crippen LogP contribution >= 0.6 is 0 Å². The lowest BCUT2D eigenvalue weighted by atomic mass is 9.93. The Hall–Kier alpha value is -1.97. The molecule has 0 radical (unpaired) electrons. The van der Waals surface area contributed by atoms with Gasteiger partial charge in [0.05, 0.1) is 6.61 Å². The molecule has 3 fully saturated rings. The molecule has 1 aromatic rings. The van der Waals surface area contributed by atoms with Crippen LogP contribution in [0.25, 0.3) is 0 Å². The number of likely N-dealkylation sites (N-methyl/N-ethyl adjacent to an activating group) is 1. The van der Waals surface area contributed by atoms with Crippen molar-refractivity contribution in [3.05, 3.63) is 17.5 Å². The summed E-state index contributed by atoms with van der Waals surface area (Å²) in [6.45, 7) is 6.65. The molecular formula is C19H29N5O4. The van der Waals surface area contributed by atoms with Crippen molar-refractivity contribution in [3.63, 3.8) is 0 Å². The van der Waals surface area contributed by atoms with Crippen molar-refractivity contribution in [2.45, 2.75) is 31.5 Å². The molecule has 0 N–H and O–H groups in total. The molecule has 9 nitrogen and oxygen atoms in total. The second-order valence-corrected chi connectivity index (χ2v) is 8.05. The topological polar surface area (TPSA) is 82.4 Å². The number of hydrogen-bond donors (Lipinski definition) is 0. The third kappa shape index (κ3) is 3.11. The first kappa shape index (κ1) is 19.4. The molecule has 154 valence electrons. The van der Waals surface area contributed by atoms with Gasteiger partial charge in [-0.3, -0.25) is 14.5 Å². The van der Waals surface area contributed by atoms with Crippen LogP contribution in [0, 0.1) is 6.92 Å². The third-order valence-electron chi connectivity index (χ3n) is 6.39. The number of carbonyl (C=O) groups is 2. The maximum Gasteiger partial charge on any atom is 0.276 e. The van der Waals surface area contributed by atoms with Crippen LogP contribution in [0.3, 0.4) is 0 Å². The van der Waals surface area contributed by atoms with Crippen LogP contribution in [-0.4, -0.2) is 108 Å². The van der Waals surface area contributed by atoms with Crippen LogP contribution in [-0.2, 0) is 9.53 Å². The van der Waals surface area contributed by atoms with Gasteiger partial charge in [-0.2, -0.15) is 0 Å². The first-order valence-corrected chi connectivity index (χ1v) is 9.94. The van der Waals surface area contributed by atoms with Gasteiger partial charge in [-0.25, -0.2) is 0 Å². The number of amides is 2. The number of ether oxygens (including phenoxy) is 1. The number of aromatic nitrogens is 1. The molecule has 3 aliphatic heterocycles. The van der Waals surface area contributed by atoms with Crippen LogP contribution < -0.4 is 0 Å². The summed E-state index contributed by atoms with van der Waals surface area (Å²) in [5, 5.41) is 3.86. The Kier molecular flexibility index (Phi) is 5.15. The predicted octanol–water partition coefficient (Wildman–Crippen LogP) is 0.0199. The molecule has 4 rings (SSSR count). The SMILES string of the molecule is COCCN1C(=O)[C@H]2CN(C)CCN2C12CCN(C(=O)c1cc(C)on1)CC2. The van der Waals surface area contributed by atoms with Crippen LogP contribution in [0.5, 0.6) is 0 Å². The number of fused-ring (bicyclic) bond motifs is 2. The summed E-state index contributed by atoms with van der Waals surface area (Å²) < 4.78 is 10.3. The van der Waals surface area contributed by atoms with E-state index in [1.54, 1.807) is 20.1 Å². The number of methoxy groups -OCH3 is 1. The molecule has 2 amide bonds. The highest BCUT2D eigenvalue weighted by Crippen LogP contribution is 2.41. The minimum Gasteiger partial charge on any atom is -0.383 e. The summed E-state index contributed by atoms with van der Waals surface area (Å²) in [6, 6.07) is 1.57. The normalized spacial score (nSPS) is 25.5. The van der Waals surface area contributed by atoms with Crippen molar-refractivity contribution in [1.29, 1.82) is 0 Å². The number of nitrogens with zero attached hydrogens (tertiary/aromatic N) is 5. The highest BCUT2D eigenvalue weighted by molar-refractivity contribution is 5.92. The van der Waals surface area contributed by atoms with E-state index >= 15 is 0 Å². The fraction of sp³-hybridized carbons (Fsp3) is 0.737. The summed E-state index contributed by atoms with van der Waals surface area (Å²) in [5.74, 6) is 0.717. The molecule has 0 saturated carbocycles. The van der Waals surface area contributed by atoms with Crippen molar-refractivity contribution in [2.75, 3.05) is 60.0 Å². The van der Waals surface area contributed by atoms with Gasteiger partial charge >= 0.3 is 0 Å². The average molecular weight is 391 g/mol. The van der Waals surface area contributed by atoms with E-state index in [0.29, 0.717) is 37.7 Å². The van der Waals surface area contributed by atoms with Crippen LogP contribution in [0.1, 0.15) is 29.1 Å². The fourth-order valence-corrected chi connectivity index (χ4v) is 4.92. The number of rotatable bonds is 4. The Morgan fingerprint density at radius 1 is 1.32 bits per heavy atom. The average Bonchev–Trinajstić information content (AvgIpc) is 3.21. The van der Waals surface area contributed by atoms with Gasteiger partial charge in [0.2, 0.25) is 5.91 Å². The smallest absolute Gasteiger partial charge is 0.276 e. The standard InChI is InChI=1S/C19H29N5O4/c1-14-12-15(20-28-14)17(25)22-6-4-19(5-7-22)23-9-8-21(2)13-16(23)18(26)24(19)10-11-27-3/h12,16H,4-11,13H2,1-3H3/t16-/m1/s1. The van der Waals surface area contributed by atoms with Crippen molar-refractivity contribution >= 4 is 11.8 Å². The van der Waals surface area contributed by atoms with E-state index in [1.807, 2.05) is 9.80 Å². The van der Waals surface area contributed by atoms with Gasteiger partial charge in [-0.15, -0.1) is 0 Å². The molecule has 28 heavy (non-hydrogen) atoms. The lowest BCUT2D eigenvalue weighted by Crippen LogP contribution is -2.63. The van der Waals surface area contributed by atoms with Gasteiger partial charge in [0.25, 0.3) is 5.91 Å². The monoisotopic (exact) mass is 391 g/mol. The van der Waals surface area contributed by atoms with E-state index < -0.39 is 0 Å². The zero-order valence-electron chi connectivity index (χ0n) is 16.9. The van der Waals surface area contributed by atoms with Crippen LogP contribution in [0.4, 0.5) is 0 Å². The molecule has 0 aliphatic carbocycles. The zero-order chi connectivity index (χ0) is 19.9. The molecule has 1 atom stereocenters.